The number of alkyl halides is 3. The first-order valence-electron chi connectivity index (χ1n) is 9.59. The number of carbonyl (C=O) groups excluding carboxylic acids is 1. The summed E-state index contributed by atoms with van der Waals surface area (Å²) in [6.07, 6.45) is -4.85. The Labute approximate surface area is 191 Å². The van der Waals surface area contributed by atoms with Gasteiger partial charge in [-0.3, -0.25) is 19.5 Å². The van der Waals surface area contributed by atoms with Crippen molar-refractivity contribution in [2.75, 3.05) is 6.61 Å². The first-order valence-corrected chi connectivity index (χ1v) is 11.7. The van der Waals surface area contributed by atoms with Gasteiger partial charge in [-0.1, -0.05) is 18.5 Å². The van der Waals surface area contributed by atoms with E-state index < -0.39 is 46.7 Å². The third-order valence-electron chi connectivity index (χ3n) is 4.64. The number of halogens is 4. The Morgan fingerprint density at radius 3 is 2.48 bits per heavy atom. The van der Waals surface area contributed by atoms with Crippen LogP contribution in [0.4, 0.5) is 18.9 Å². The summed E-state index contributed by atoms with van der Waals surface area (Å²) in [5.74, 6) is -0.912. The maximum Gasteiger partial charge on any atom is 0.416 e. The molecule has 0 aliphatic rings. The van der Waals surface area contributed by atoms with Crippen molar-refractivity contribution in [3.63, 3.8) is 0 Å². The largest absolute Gasteiger partial charge is 0.466 e. The van der Waals surface area contributed by atoms with Crippen LogP contribution in [0.25, 0.3) is 0 Å². The molecule has 0 bridgehead atoms. The molecule has 0 aliphatic carbocycles. The minimum atomic E-state index is -4.62. The zero-order valence-electron chi connectivity index (χ0n) is 17.5. The number of nitro benzene ring substituents is 1. The maximum absolute atomic E-state index is 13.1. The molecule has 0 fully saturated rings. The van der Waals surface area contributed by atoms with Gasteiger partial charge in [0.1, 0.15) is 16.8 Å². The molecule has 2 unspecified atom stereocenters. The predicted molar refractivity (Wildman–Crippen MR) is 114 cm³/mol. The van der Waals surface area contributed by atoms with Crippen molar-refractivity contribution >= 4 is 35.9 Å². The van der Waals surface area contributed by atoms with Crippen LogP contribution in [-0.4, -0.2) is 28.1 Å². The van der Waals surface area contributed by atoms with Crippen molar-refractivity contribution in [1.29, 1.82) is 0 Å². The predicted octanol–water partition coefficient (Wildman–Crippen LogP) is 5.69. The van der Waals surface area contributed by atoms with Gasteiger partial charge >= 0.3 is 12.1 Å². The SMILES string of the molecule is CCOC(=O)CCC(C)P(=O)(O)c1cc(Oc2ccc(C(F)(F)F)cc2Cl)ccc1[N+](=O)[O-]. The second-order valence-electron chi connectivity index (χ2n) is 6.97. The van der Waals surface area contributed by atoms with Crippen LogP contribution in [0.15, 0.2) is 36.4 Å². The minimum Gasteiger partial charge on any atom is -0.466 e. The highest BCUT2D eigenvalue weighted by atomic mass is 35.5. The normalized spacial score (nSPS) is 14.3. The van der Waals surface area contributed by atoms with Gasteiger partial charge in [0.2, 0.25) is 7.37 Å². The molecule has 2 aromatic rings. The lowest BCUT2D eigenvalue weighted by atomic mass is 10.2. The average molecular weight is 510 g/mol. The molecule has 0 radical (unpaired) electrons. The van der Waals surface area contributed by atoms with Crippen LogP contribution in [0, 0.1) is 10.1 Å². The Morgan fingerprint density at radius 2 is 1.94 bits per heavy atom. The first kappa shape index (κ1) is 26.6. The summed E-state index contributed by atoms with van der Waals surface area (Å²) in [7, 11) is -4.39. The van der Waals surface area contributed by atoms with Gasteiger partial charge in [-0.05, 0) is 37.6 Å². The lowest BCUT2D eigenvalue weighted by Gasteiger charge is -2.20. The van der Waals surface area contributed by atoms with Crippen LogP contribution in [0.1, 0.15) is 32.3 Å². The van der Waals surface area contributed by atoms with Crippen molar-refractivity contribution in [3.8, 4) is 11.5 Å². The fraction of sp³-hybridized carbons (Fsp3) is 0.350. The van der Waals surface area contributed by atoms with E-state index in [1.807, 2.05) is 0 Å². The van der Waals surface area contributed by atoms with Gasteiger partial charge in [-0.25, -0.2) is 0 Å². The highest BCUT2D eigenvalue weighted by Crippen LogP contribution is 2.50. The number of hydrogen-bond acceptors (Lipinski definition) is 6. The Bertz CT molecular complexity index is 1090. The minimum absolute atomic E-state index is 0.0699. The van der Waals surface area contributed by atoms with Crippen LogP contribution in [0.2, 0.25) is 5.02 Å². The molecule has 0 aliphatic heterocycles. The van der Waals surface area contributed by atoms with E-state index in [1.165, 1.54) is 6.92 Å². The van der Waals surface area contributed by atoms with E-state index in [2.05, 4.69) is 0 Å². The standard InChI is InChI=1S/C20H20ClF3NO7P/c1-3-31-19(26)9-4-12(2)33(29,30)18-11-14(6-7-16(18)25(27)28)32-17-8-5-13(10-15(17)21)20(22,23)24/h5-8,10-12H,3-4,9H2,1-2H3,(H,29,30). The fourth-order valence-corrected chi connectivity index (χ4v) is 4.81. The molecule has 1 N–H and O–H groups in total. The molecule has 0 spiro atoms. The number of nitro groups is 1. The maximum atomic E-state index is 13.1. The number of carbonyl (C=O) groups is 1. The second-order valence-corrected chi connectivity index (χ2v) is 9.98. The summed E-state index contributed by atoms with van der Waals surface area (Å²) in [5.41, 5.74) is -2.68. The number of hydrogen-bond donors (Lipinski definition) is 1. The molecule has 0 aromatic heterocycles. The van der Waals surface area contributed by atoms with E-state index in [0.29, 0.717) is 6.07 Å². The van der Waals surface area contributed by atoms with Crippen molar-refractivity contribution < 1.29 is 41.8 Å². The molecule has 2 aromatic carbocycles. The van der Waals surface area contributed by atoms with Gasteiger partial charge in [-0.2, -0.15) is 13.2 Å². The third kappa shape index (κ3) is 6.69. The summed E-state index contributed by atoms with van der Waals surface area (Å²) >= 11 is 5.86. The molecule has 0 saturated carbocycles. The van der Waals surface area contributed by atoms with E-state index >= 15 is 0 Å². The lowest BCUT2D eigenvalue weighted by molar-refractivity contribution is -0.383. The summed E-state index contributed by atoms with van der Waals surface area (Å²) in [6, 6.07) is 5.39. The zero-order valence-corrected chi connectivity index (χ0v) is 19.1. The van der Waals surface area contributed by atoms with Crippen LogP contribution < -0.4 is 10.0 Å². The topological polar surface area (TPSA) is 116 Å². The number of rotatable bonds is 9. The highest BCUT2D eigenvalue weighted by Gasteiger charge is 2.36. The summed E-state index contributed by atoms with van der Waals surface area (Å²) in [6.45, 7) is 3.11. The fourth-order valence-electron chi connectivity index (χ4n) is 2.84. The third-order valence-corrected chi connectivity index (χ3v) is 7.44. The number of nitrogens with zero attached hydrogens (tertiary/aromatic N) is 1. The molecule has 180 valence electrons. The molecule has 2 atom stereocenters. The molecule has 0 heterocycles. The Hall–Kier alpha value is -2.62. The molecule has 2 rings (SSSR count). The van der Waals surface area contributed by atoms with Gasteiger partial charge < -0.3 is 14.4 Å². The van der Waals surface area contributed by atoms with Gasteiger partial charge in [0, 0.05) is 24.2 Å². The monoisotopic (exact) mass is 509 g/mol. The van der Waals surface area contributed by atoms with Crippen LogP contribution in [-0.2, 0) is 20.3 Å². The summed E-state index contributed by atoms with van der Waals surface area (Å²) < 4.78 is 61.8. The Balaban J connectivity index is 2.37. The molecule has 0 saturated heterocycles. The summed E-state index contributed by atoms with van der Waals surface area (Å²) in [5, 5.41) is 10.5. The average Bonchev–Trinajstić information content (AvgIpc) is 2.72. The van der Waals surface area contributed by atoms with Crippen LogP contribution >= 0.6 is 19.0 Å². The van der Waals surface area contributed by atoms with Crippen molar-refractivity contribution in [2.24, 2.45) is 0 Å². The van der Waals surface area contributed by atoms with E-state index in [4.69, 9.17) is 21.1 Å². The van der Waals surface area contributed by atoms with Crippen LogP contribution in [0.3, 0.4) is 0 Å². The van der Waals surface area contributed by atoms with E-state index in [0.717, 1.165) is 30.3 Å². The zero-order chi connectivity index (χ0) is 25.0. The van der Waals surface area contributed by atoms with Crippen molar-refractivity contribution in [2.45, 2.75) is 38.5 Å². The molecule has 0 amide bonds. The Kier molecular flexibility index (Phi) is 8.51. The molecule has 33 heavy (non-hydrogen) atoms. The van der Waals surface area contributed by atoms with E-state index in [1.54, 1.807) is 6.92 Å². The number of benzene rings is 2. The number of esters is 1. The van der Waals surface area contributed by atoms with E-state index in [9.17, 15) is 37.5 Å². The highest BCUT2D eigenvalue weighted by molar-refractivity contribution is 7.67. The van der Waals surface area contributed by atoms with E-state index in [-0.39, 0.29) is 36.0 Å². The van der Waals surface area contributed by atoms with Crippen molar-refractivity contribution in [3.05, 3.63) is 57.1 Å². The van der Waals surface area contributed by atoms with Crippen molar-refractivity contribution in [1.82, 2.24) is 0 Å². The van der Waals surface area contributed by atoms with Gasteiger partial charge in [0.05, 0.1) is 22.1 Å². The smallest absolute Gasteiger partial charge is 0.416 e. The molecule has 13 heteroatoms. The molecular weight excluding hydrogens is 490 g/mol. The molecule has 8 nitrogen and oxygen atoms in total. The number of ether oxygens (including phenoxy) is 2. The van der Waals surface area contributed by atoms with Crippen LogP contribution in [0.5, 0.6) is 11.5 Å². The van der Waals surface area contributed by atoms with Gasteiger partial charge in [0.15, 0.2) is 0 Å². The quantitative estimate of drug-likeness (QED) is 0.200. The second kappa shape index (κ2) is 10.5. The lowest BCUT2D eigenvalue weighted by Crippen LogP contribution is -2.19. The first-order chi connectivity index (χ1) is 15.3. The summed E-state index contributed by atoms with van der Waals surface area (Å²) in [4.78, 5) is 32.8. The Morgan fingerprint density at radius 1 is 1.27 bits per heavy atom. The van der Waals surface area contributed by atoms with Gasteiger partial charge in [-0.15, -0.1) is 0 Å². The van der Waals surface area contributed by atoms with Gasteiger partial charge in [0.25, 0.3) is 5.69 Å². The molecular formula is C20H20ClF3NO7P.